The van der Waals surface area contributed by atoms with Crippen LogP contribution in [0.4, 0.5) is 5.69 Å². The van der Waals surface area contributed by atoms with Crippen LogP contribution in [0.15, 0.2) is 63.6 Å². The van der Waals surface area contributed by atoms with Crippen molar-refractivity contribution in [1.82, 2.24) is 15.2 Å². The molecule has 3 aromatic carbocycles. The molecule has 7 rings (SSSR count). The summed E-state index contributed by atoms with van der Waals surface area (Å²) in [5.74, 6) is -6.87. The number of Topliss-reactive ketones (excluding diaryl/α,β-unsaturated/α-hetero) is 1. The molecule has 1 saturated heterocycles. The second-order valence-corrected chi connectivity index (χ2v) is 18.4. The zero-order valence-corrected chi connectivity index (χ0v) is 40.6. The quantitative estimate of drug-likeness (QED) is 0.0303. The molecule has 1 fully saturated rings. The normalized spacial score (nSPS) is 28.5. The molecule has 372 valence electrons. The minimum Gasteiger partial charge on any atom is -0.505 e. The maximum Gasteiger partial charge on any atom is 0.312 e. The van der Waals surface area contributed by atoms with E-state index in [1.165, 1.54) is 53.2 Å². The summed E-state index contributed by atoms with van der Waals surface area (Å²) in [7, 11) is 1.44. The van der Waals surface area contributed by atoms with E-state index in [1.54, 1.807) is 58.0 Å². The summed E-state index contributed by atoms with van der Waals surface area (Å²) < 4.78 is 42.1. The third kappa shape index (κ3) is 10.8. The topological polar surface area (TPSA) is 237 Å². The highest BCUT2D eigenvalue weighted by Crippen LogP contribution is 2.48. The van der Waals surface area contributed by atoms with Gasteiger partial charge in [-0.25, -0.2) is 4.98 Å². The van der Waals surface area contributed by atoms with Crippen LogP contribution in [-0.4, -0.2) is 133 Å². The molecule has 1 amide bonds. The Morgan fingerprint density at radius 3 is 2.43 bits per heavy atom. The van der Waals surface area contributed by atoms with Gasteiger partial charge in [-0.1, -0.05) is 45.9 Å². The number of aliphatic hydroxyl groups excluding tert-OH is 2. The van der Waals surface area contributed by atoms with E-state index in [0.717, 1.165) is 19.6 Å². The van der Waals surface area contributed by atoms with Gasteiger partial charge in [0.15, 0.2) is 22.3 Å². The highest BCUT2D eigenvalue weighted by atomic mass is 16.7. The highest BCUT2D eigenvalue weighted by Gasteiger charge is 2.49. The number of anilines is 1. The van der Waals surface area contributed by atoms with E-state index in [9.17, 15) is 34.5 Å². The number of methoxy groups -OCH3 is 1. The number of esters is 1. The smallest absolute Gasteiger partial charge is 0.312 e. The average Bonchev–Trinajstić information content (AvgIpc) is 4.12. The van der Waals surface area contributed by atoms with E-state index in [0.29, 0.717) is 44.2 Å². The van der Waals surface area contributed by atoms with Gasteiger partial charge in [0.2, 0.25) is 0 Å². The molecule has 0 aliphatic carbocycles. The number of allylic oxidation sites excluding steroid dienone is 2. The Labute approximate surface area is 400 Å². The van der Waals surface area contributed by atoms with Gasteiger partial charge in [0.05, 0.1) is 48.7 Å². The highest BCUT2D eigenvalue weighted by molar-refractivity contribution is 6.26. The molecule has 0 saturated carbocycles. The van der Waals surface area contributed by atoms with Crippen LogP contribution < -0.4 is 25.5 Å². The van der Waals surface area contributed by atoms with Crippen molar-refractivity contribution in [1.29, 1.82) is 0 Å². The number of ether oxygens (including phenoxy) is 6. The second-order valence-electron chi connectivity index (χ2n) is 18.4. The van der Waals surface area contributed by atoms with Crippen molar-refractivity contribution in [3.8, 4) is 17.2 Å². The Morgan fingerprint density at radius 1 is 0.986 bits per heavy atom. The maximum atomic E-state index is 14.8. The number of ketones is 1. The number of aromatic hydroxyl groups is 1. The van der Waals surface area contributed by atoms with Gasteiger partial charge in [0, 0.05) is 99.9 Å². The molecule has 18 heteroatoms. The molecule has 0 radical (unpaired) electrons. The summed E-state index contributed by atoms with van der Waals surface area (Å²) in [6, 6.07) is 4.97. The number of aliphatic hydroxyl groups is 2. The summed E-state index contributed by atoms with van der Waals surface area (Å²) in [4.78, 5) is 62.8. The molecule has 3 aliphatic rings. The fraction of sp³-hybridized carbons (Fsp3) is 0.510. The Balaban J connectivity index is 1.31. The first kappa shape index (κ1) is 51.0. The molecule has 69 heavy (non-hydrogen) atoms. The van der Waals surface area contributed by atoms with Gasteiger partial charge in [0.1, 0.15) is 40.9 Å². The summed E-state index contributed by atoms with van der Waals surface area (Å²) in [6.45, 7) is 18.6. The Morgan fingerprint density at radius 2 is 1.72 bits per heavy atom. The molecule has 18 nitrogen and oxygen atoms in total. The van der Waals surface area contributed by atoms with Gasteiger partial charge >= 0.3 is 11.8 Å². The zero-order valence-electron chi connectivity index (χ0n) is 40.6. The van der Waals surface area contributed by atoms with Crippen molar-refractivity contribution in [3.05, 3.63) is 75.7 Å². The standard InChI is InChI=1S/C51H64N4O14/c1-26-11-10-12-27(2)50(62)54-41-45(60)38-37(40-48(41)68-36-25-33(13-14-34(36)53-40)65-23-17-52-16-22-64-24-20-55-18-19-55)39-47(31(6)44(38)59)69-51(8,49(39)61)66-21-15-35(63-9)28(3)46(67-32(7)56)30(5)43(58)29(4)42(26)57/h10-15,21,25-26,28-30,35,42-43,46,52,57-58,60H,16-20,22-24H2,1-9H3,(H,54,62)/b11-10+,21-15+,27-12-/t26-,28+,29+,30+,35-,42-,43+,46+,51-/m0/s1. The van der Waals surface area contributed by atoms with E-state index in [1.807, 2.05) is 0 Å². The van der Waals surface area contributed by atoms with E-state index < -0.39 is 82.7 Å². The molecule has 0 spiro atoms. The monoisotopic (exact) mass is 956 g/mol. The number of hydrogen-bond donors (Lipinski definition) is 5. The number of aromatic nitrogens is 1. The van der Waals surface area contributed by atoms with Gasteiger partial charge in [-0.3, -0.25) is 24.1 Å². The van der Waals surface area contributed by atoms with E-state index in [4.69, 9.17) is 37.8 Å². The van der Waals surface area contributed by atoms with Gasteiger partial charge in [-0.15, -0.1) is 0 Å². The first-order valence-corrected chi connectivity index (χ1v) is 23.4. The number of hydrogen-bond acceptors (Lipinski definition) is 17. The summed E-state index contributed by atoms with van der Waals surface area (Å²) in [6.07, 6.45) is 3.58. The maximum absolute atomic E-state index is 14.8. The first-order chi connectivity index (χ1) is 32.9. The molecule has 5 N–H and O–H groups in total. The van der Waals surface area contributed by atoms with Crippen molar-refractivity contribution >= 4 is 56.3 Å². The summed E-state index contributed by atoms with van der Waals surface area (Å²) >= 11 is 0. The van der Waals surface area contributed by atoms with Gasteiger partial charge in [-0.2, -0.15) is 0 Å². The fourth-order valence-electron chi connectivity index (χ4n) is 8.98. The zero-order chi connectivity index (χ0) is 49.9. The minimum atomic E-state index is -2.05. The number of carbonyl (C=O) groups excluding carboxylic acids is 3. The van der Waals surface area contributed by atoms with Gasteiger partial charge < -0.3 is 58.8 Å². The number of benzene rings is 3. The molecular weight excluding hydrogens is 893 g/mol. The Kier molecular flexibility index (Phi) is 15.8. The van der Waals surface area contributed by atoms with Crippen LogP contribution >= 0.6 is 0 Å². The summed E-state index contributed by atoms with van der Waals surface area (Å²) in [5.41, 5.74) is -0.588. The summed E-state index contributed by atoms with van der Waals surface area (Å²) in [5, 5.41) is 40.8. The van der Waals surface area contributed by atoms with Crippen LogP contribution in [-0.2, 0) is 28.5 Å². The van der Waals surface area contributed by atoms with Crippen LogP contribution in [0, 0.1) is 30.6 Å². The minimum absolute atomic E-state index is 0.0141. The number of phenols is 1. The molecule has 0 unspecified atom stereocenters. The Bertz CT molecular complexity index is 2750. The molecule has 1 aromatic heterocycles. The van der Waals surface area contributed by atoms with Crippen LogP contribution in [0.5, 0.6) is 17.2 Å². The number of nitrogens with zero attached hydrogens (tertiary/aromatic N) is 2. The lowest BCUT2D eigenvalue weighted by molar-refractivity contribution is -0.160. The van der Waals surface area contributed by atoms with E-state index >= 15 is 0 Å². The lowest BCUT2D eigenvalue weighted by Gasteiger charge is -2.38. The molecule has 4 aromatic rings. The number of carbonyl (C=O) groups is 3. The third-order valence-corrected chi connectivity index (χ3v) is 13.4. The number of rotatable bonds is 12. The second kappa shape index (κ2) is 21.4. The number of amides is 1. The van der Waals surface area contributed by atoms with Gasteiger partial charge in [0.25, 0.3) is 11.7 Å². The number of nitrogens with one attached hydrogen (secondary N) is 2. The van der Waals surface area contributed by atoms with Crippen molar-refractivity contribution in [3.63, 3.8) is 0 Å². The molecule has 4 bridgehead atoms. The van der Waals surface area contributed by atoms with Crippen LogP contribution in [0.1, 0.15) is 64.4 Å². The average molecular weight is 957 g/mol. The molecular formula is C51H64N4O14. The lowest BCUT2D eigenvalue weighted by atomic mass is 9.78. The van der Waals surface area contributed by atoms with Crippen LogP contribution in [0.2, 0.25) is 0 Å². The molecule has 9 atom stereocenters. The van der Waals surface area contributed by atoms with Crippen molar-refractivity contribution in [2.75, 3.05) is 65.0 Å². The van der Waals surface area contributed by atoms with E-state index in [2.05, 4.69) is 15.5 Å². The molecule has 4 heterocycles. The predicted molar refractivity (Wildman–Crippen MR) is 257 cm³/mol. The number of phenolic OH excluding ortho intramolecular Hbond substituents is 1. The van der Waals surface area contributed by atoms with Crippen molar-refractivity contribution in [2.45, 2.75) is 85.6 Å². The largest absolute Gasteiger partial charge is 0.505 e. The molecule has 3 aliphatic heterocycles. The van der Waals surface area contributed by atoms with Crippen LogP contribution in [0.3, 0.4) is 0 Å². The van der Waals surface area contributed by atoms with E-state index in [-0.39, 0.29) is 55.6 Å². The van der Waals surface area contributed by atoms with Crippen molar-refractivity contribution < 1.29 is 62.5 Å². The fourth-order valence-corrected chi connectivity index (χ4v) is 8.98. The number of fused-ring (bicyclic) bond motifs is 2. The predicted octanol–water partition coefficient (Wildman–Crippen LogP) is 5.30. The Hall–Kier alpha value is -5.89. The first-order valence-electron chi connectivity index (χ1n) is 23.4. The lowest BCUT2D eigenvalue weighted by Crippen LogP contribution is -2.46. The van der Waals surface area contributed by atoms with Crippen LogP contribution in [0.25, 0.3) is 33.0 Å². The van der Waals surface area contributed by atoms with Crippen molar-refractivity contribution in [2.24, 2.45) is 23.7 Å². The van der Waals surface area contributed by atoms with Gasteiger partial charge in [-0.05, 0) is 32.1 Å². The third-order valence-electron chi connectivity index (χ3n) is 13.4. The SMILES string of the molecule is CO[C@H]1/C=C/O[C@@]2(C)Oc3c(C)c(=O)c4c(O)c(c5oc6cc(OCCNCCOCCN7CC7)ccc6nc5c4c3C2=O)NC(=O)/C(C)=C\C=C\[C@H](C)[C@H](O)[C@@H](C)[C@@H](O)[C@@H](C)[C@H](OC(C)=O)[C@@H]1C.